The van der Waals surface area contributed by atoms with Gasteiger partial charge in [0, 0.05) is 5.56 Å². The van der Waals surface area contributed by atoms with Gasteiger partial charge < -0.3 is 9.84 Å². The maximum absolute atomic E-state index is 12.3. The number of hydrogen-bond donors (Lipinski definition) is 1. The Labute approximate surface area is 133 Å². The van der Waals surface area contributed by atoms with E-state index in [0.717, 1.165) is 0 Å². The second-order valence-electron chi connectivity index (χ2n) is 4.50. The Kier molecular flexibility index (Phi) is 5.65. The second kappa shape index (κ2) is 6.84. The third-order valence-corrected chi connectivity index (χ3v) is 2.59. The third-order valence-electron chi connectivity index (χ3n) is 2.59. The van der Waals surface area contributed by atoms with Crippen LogP contribution in [-0.4, -0.2) is 29.5 Å². The molecule has 0 heterocycles. The minimum Gasteiger partial charge on any atom is -0.507 e. The molecule has 0 aliphatic heterocycles. The fourth-order valence-electron chi connectivity index (χ4n) is 1.49. The number of hydrogen-bond acceptors (Lipinski definition) is 3. The predicted octanol–water partition coefficient (Wildman–Crippen LogP) is 4.64. The van der Waals surface area contributed by atoms with E-state index in [1.807, 2.05) is 0 Å². The molecular weight excluding hydrogens is 375 g/mol. The Morgan fingerprint density at radius 2 is 1.36 bits per heavy atom. The van der Waals surface area contributed by atoms with Crippen molar-refractivity contribution in [3.05, 3.63) is 41.5 Å². The smallest absolute Gasteiger partial charge is 0.434 e. The largest absolute Gasteiger partial charge is 0.507 e. The summed E-state index contributed by atoms with van der Waals surface area (Å²) in [5.74, 6) is -3.36. The van der Waals surface area contributed by atoms with Crippen molar-refractivity contribution >= 4 is 11.7 Å². The van der Waals surface area contributed by atoms with Crippen molar-refractivity contribution in [1.82, 2.24) is 0 Å². The monoisotopic (exact) mass is 382 g/mol. The molecule has 0 atom stereocenters. The average molecular weight is 382 g/mol. The molecule has 0 bridgehead atoms. The van der Waals surface area contributed by atoms with Crippen LogP contribution in [0.4, 0.5) is 39.5 Å². The molecule has 0 aliphatic rings. The maximum Gasteiger partial charge on any atom is 0.434 e. The van der Waals surface area contributed by atoms with Crippen molar-refractivity contribution in [2.24, 2.45) is 0 Å². The molecule has 0 aliphatic carbocycles. The first-order valence-corrected chi connectivity index (χ1v) is 6.04. The predicted molar refractivity (Wildman–Crippen MR) is 64.0 cm³/mol. The Hall–Kier alpha value is -2.40. The molecule has 1 rings (SSSR count). The van der Waals surface area contributed by atoms with Crippen LogP contribution in [0.1, 0.15) is 11.1 Å². The third kappa shape index (κ3) is 5.87. The molecule has 1 N–H and O–H groups in total. The summed E-state index contributed by atoms with van der Waals surface area (Å²) in [6.45, 7) is 0. The van der Waals surface area contributed by atoms with Gasteiger partial charge in [0.15, 0.2) is 0 Å². The van der Waals surface area contributed by atoms with Gasteiger partial charge in [-0.2, -0.15) is 39.5 Å². The molecule has 12 heteroatoms. The van der Waals surface area contributed by atoms with E-state index in [2.05, 4.69) is 4.74 Å². The first kappa shape index (κ1) is 20.6. The number of ether oxygens (including phenoxy) is 1. The maximum atomic E-state index is 12.3. The van der Waals surface area contributed by atoms with Gasteiger partial charge in [0.1, 0.15) is 5.76 Å². The van der Waals surface area contributed by atoms with Crippen molar-refractivity contribution in [2.75, 3.05) is 0 Å². The van der Waals surface area contributed by atoms with Crippen molar-refractivity contribution in [3.8, 4) is 0 Å². The van der Waals surface area contributed by atoms with E-state index < -0.39 is 47.5 Å². The normalized spacial score (nSPS) is 13.9. The Bertz CT molecular complexity index is 625. The number of carbonyl (C=O) groups is 1. The van der Waals surface area contributed by atoms with Crippen LogP contribution in [0, 0.1) is 0 Å². The van der Waals surface area contributed by atoms with E-state index >= 15 is 0 Å². The van der Waals surface area contributed by atoms with Crippen molar-refractivity contribution in [1.29, 1.82) is 0 Å². The lowest BCUT2D eigenvalue weighted by Crippen LogP contribution is -2.45. The summed E-state index contributed by atoms with van der Waals surface area (Å²) in [4.78, 5) is 11.1. The molecule has 1 aromatic carbocycles. The standard InChI is InChI=1S/C13H7F9O3/c14-11(15,16)7-3-1-6(2-4-7)8(23)5-9(24)25-10(12(17,18)19)13(20,21)22/h1-5,10,23H. The molecule has 0 spiro atoms. The number of carbonyl (C=O) groups excluding carboxylic acids is 1. The highest BCUT2D eigenvalue weighted by molar-refractivity contribution is 5.89. The van der Waals surface area contributed by atoms with Crippen molar-refractivity contribution in [3.63, 3.8) is 0 Å². The molecule has 3 nitrogen and oxygen atoms in total. The SMILES string of the molecule is O=C(C=C(O)c1ccc(C(F)(F)F)cc1)OC(C(F)(F)F)C(F)(F)F. The van der Waals surface area contributed by atoms with Crippen molar-refractivity contribution < 1.29 is 54.2 Å². The topological polar surface area (TPSA) is 46.5 Å². The van der Waals surface area contributed by atoms with Crippen LogP contribution in [0.5, 0.6) is 0 Å². The van der Waals surface area contributed by atoms with Gasteiger partial charge in [0.2, 0.25) is 0 Å². The lowest BCUT2D eigenvalue weighted by atomic mass is 10.1. The number of benzene rings is 1. The lowest BCUT2D eigenvalue weighted by molar-refractivity contribution is -0.312. The highest BCUT2D eigenvalue weighted by Crippen LogP contribution is 2.36. The fraction of sp³-hybridized carbons (Fsp3) is 0.308. The highest BCUT2D eigenvalue weighted by atomic mass is 19.4. The summed E-state index contributed by atoms with van der Waals surface area (Å²) in [6, 6.07) is 2.29. The van der Waals surface area contributed by atoms with Crippen LogP contribution >= 0.6 is 0 Å². The van der Waals surface area contributed by atoms with Gasteiger partial charge in [0.25, 0.3) is 6.10 Å². The summed E-state index contributed by atoms with van der Waals surface area (Å²) in [5.41, 5.74) is -1.58. The van der Waals surface area contributed by atoms with Crippen LogP contribution < -0.4 is 0 Å². The summed E-state index contributed by atoms with van der Waals surface area (Å²) < 4.78 is 113. The minimum atomic E-state index is -5.94. The number of aliphatic hydroxyl groups excluding tert-OH is 1. The van der Waals surface area contributed by atoms with Gasteiger partial charge >= 0.3 is 24.5 Å². The first-order valence-electron chi connectivity index (χ1n) is 6.04. The lowest BCUT2D eigenvalue weighted by Gasteiger charge is -2.22. The average Bonchev–Trinajstić information content (AvgIpc) is 2.41. The molecule has 0 amide bonds. The van der Waals surface area contributed by atoms with Gasteiger partial charge in [0.05, 0.1) is 11.6 Å². The Morgan fingerprint density at radius 1 is 0.920 bits per heavy atom. The molecule has 1 aromatic rings. The van der Waals surface area contributed by atoms with Crippen LogP contribution in [-0.2, 0) is 15.7 Å². The van der Waals surface area contributed by atoms with E-state index in [1.165, 1.54) is 0 Å². The summed E-state index contributed by atoms with van der Waals surface area (Å²) in [5, 5.41) is 9.42. The van der Waals surface area contributed by atoms with E-state index in [1.54, 1.807) is 0 Å². The number of aliphatic hydroxyl groups is 1. The van der Waals surface area contributed by atoms with Gasteiger partial charge in [-0.3, -0.25) is 0 Å². The summed E-state index contributed by atoms with van der Waals surface area (Å²) >= 11 is 0. The number of esters is 1. The molecule has 0 aromatic heterocycles. The van der Waals surface area contributed by atoms with Crippen molar-refractivity contribution in [2.45, 2.75) is 24.6 Å². The summed E-state index contributed by atoms with van der Waals surface area (Å²) in [6.07, 6.45) is -21.1. The quantitative estimate of drug-likeness (QED) is 0.359. The van der Waals surface area contributed by atoms with Gasteiger partial charge in [-0.05, 0) is 12.1 Å². The Balaban J connectivity index is 2.96. The zero-order valence-electron chi connectivity index (χ0n) is 11.6. The molecule has 0 fully saturated rings. The van der Waals surface area contributed by atoms with E-state index in [-0.39, 0.29) is 6.08 Å². The van der Waals surface area contributed by atoms with Crippen LogP contribution in [0.15, 0.2) is 30.3 Å². The van der Waals surface area contributed by atoms with Gasteiger partial charge in [-0.1, -0.05) is 12.1 Å². The van der Waals surface area contributed by atoms with E-state index in [9.17, 15) is 49.4 Å². The number of rotatable bonds is 3. The zero-order chi connectivity index (χ0) is 19.6. The summed E-state index contributed by atoms with van der Waals surface area (Å²) in [7, 11) is 0. The molecule has 25 heavy (non-hydrogen) atoms. The second-order valence-corrected chi connectivity index (χ2v) is 4.50. The van der Waals surface area contributed by atoms with Crippen LogP contribution in [0.3, 0.4) is 0 Å². The number of alkyl halides is 9. The fourth-order valence-corrected chi connectivity index (χ4v) is 1.49. The van der Waals surface area contributed by atoms with Gasteiger partial charge in [-0.25, -0.2) is 4.79 Å². The molecule has 0 saturated carbocycles. The van der Waals surface area contributed by atoms with E-state index in [4.69, 9.17) is 0 Å². The van der Waals surface area contributed by atoms with Gasteiger partial charge in [-0.15, -0.1) is 0 Å². The zero-order valence-corrected chi connectivity index (χ0v) is 11.6. The first-order chi connectivity index (χ1) is 11.1. The minimum absolute atomic E-state index is 0.118. The molecular formula is C13H7F9O3. The van der Waals surface area contributed by atoms with Crippen LogP contribution in [0.2, 0.25) is 0 Å². The number of halogens is 9. The molecule has 0 saturated heterocycles. The molecule has 0 unspecified atom stereocenters. The Morgan fingerprint density at radius 3 is 1.72 bits per heavy atom. The molecule has 140 valence electrons. The molecule has 0 radical (unpaired) electrons. The highest BCUT2D eigenvalue weighted by Gasteiger charge is 2.59. The van der Waals surface area contributed by atoms with Crippen LogP contribution in [0.25, 0.3) is 5.76 Å². The van der Waals surface area contributed by atoms with E-state index in [0.29, 0.717) is 24.3 Å².